The predicted octanol–water partition coefficient (Wildman–Crippen LogP) is 17.3. The molecule has 0 N–H and O–H groups in total. The van der Waals surface area contributed by atoms with Crippen molar-refractivity contribution in [2.45, 2.75) is 0 Å². The van der Waals surface area contributed by atoms with Crippen molar-refractivity contribution in [3.8, 4) is 50.2 Å². The second kappa shape index (κ2) is 15.5. The Kier molecular flexibility index (Phi) is 9.06. The second-order valence-corrected chi connectivity index (χ2v) is 17.1. The molecule has 2 aromatic heterocycles. The molecule has 0 aliphatic carbocycles. The SMILES string of the molecule is c1ccc(-c2ccc(N(c3ccc4c5ccccc5n(-c5ccccc5-c5cccc6c5sc5ccccc56)c4c3)c3cccc(-c4ccccc4)c3-c3ccccc3)cc2)cc1. The van der Waals surface area contributed by atoms with Gasteiger partial charge in [0.15, 0.2) is 0 Å². The zero-order valence-electron chi connectivity index (χ0n) is 34.4. The molecular formula is C60H40N2S. The maximum Gasteiger partial charge on any atom is 0.0562 e. The summed E-state index contributed by atoms with van der Waals surface area (Å²) in [6, 6.07) is 88.4. The molecule has 12 aromatic rings. The molecule has 0 atom stereocenters. The minimum Gasteiger partial charge on any atom is -0.310 e. The van der Waals surface area contributed by atoms with Crippen LogP contribution in [0.15, 0.2) is 243 Å². The van der Waals surface area contributed by atoms with E-state index in [0.717, 1.165) is 33.8 Å². The van der Waals surface area contributed by atoms with E-state index in [9.17, 15) is 0 Å². The Morgan fingerprint density at radius 1 is 0.333 bits per heavy atom. The van der Waals surface area contributed by atoms with Gasteiger partial charge in [0, 0.05) is 59.0 Å². The number of anilines is 3. The third-order valence-corrected chi connectivity index (χ3v) is 13.6. The third kappa shape index (κ3) is 6.33. The second-order valence-electron chi connectivity index (χ2n) is 16.0. The average Bonchev–Trinajstić information content (AvgIpc) is 3.91. The molecule has 0 saturated heterocycles. The molecule has 0 spiro atoms. The number of benzene rings is 10. The largest absolute Gasteiger partial charge is 0.310 e. The quantitative estimate of drug-likeness (QED) is 0.148. The van der Waals surface area contributed by atoms with Crippen molar-refractivity contribution in [1.82, 2.24) is 4.57 Å². The molecule has 0 amide bonds. The number of aromatic nitrogens is 1. The summed E-state index contributed by atoms with van der Waals surface area (Å²) in [5, 5.41) is 5.04. The van der Waals surface area contributed by atoms with Crippen LogP contribution >= 0.6 is 11.3 Å². The summed E-state index contributed by atoms with van der Waals surface area (Å²) in [7, 11) is 0. The summed E-state index contributed by atoms with van der Waals surface area (Å²) in [6.45, 7) is 0. The molecule has 296 valence electrons. The number of nitrogens with zero attached hydrogens (tertiary/aromatic N) is 2. The van der Waals surface area contributed by atoms with Crippen LogP contribution in [-0.4, -0.2) is 4.57 Å². The highest BCUT2D eigenvalue weighted by molar-refractivity contribution is 7.26. The van der Waals surface area contributed by atoms with Gasteiger partial charge in [0.25, 0.3) is 0 Å². The van der Waals surface area contributed by atoms with Gasteiger partial charge < -0.3 is 9.47 Å². The number of hydrogen-bond donors (Lipinski definition) is 0. The zero-order chi connectivity index (χ0) is 41.7. The van der Waals surface area contributed by atoms with E-state index < -0.39 is 0 Å². The number of fused-ring (bicyclic) bond motifs is 6. The summed E-state index contributed by atoms with van der Waals surface area (Å²) < 4.78 is 5.11. The number of hydrogen-bond acceptors (Lipinski definition) is 2. The van der Waals surface area contributed by atoms with Crippen LogP contribution in [0.4, 0.5) is 17.1 Å². The smallest absolute Gasteiger partial charge is 0.0562 e. The fourth-order valence-corrected chi connectivity index (χ4v) is 10.8. The fourth-order valence-electron chi connectivity index (χ4n) is 9.57. The highest BCUT2D eigenvalue weighted by Crippen LogP contribution is 2.48. The molecule has 0 fully saturated rings. The lowest BCUT2D eigenvalue weighted by Crippen LogP contribution is -2.12. The minimum absolute atomic E-state index is 1.07. The van der Waals surface area contributed by atoms with E-state index >= 15 is 0 Å². The van der Waals surface area contributed by atoms with Gasteiger partial charge in [0.2, 0.25) is 0 Å². The summed E-state index contributed by atoms with van der Waals surface area (Å²) in [5.41, 5.74) is 16.3. The van der Waals surface area contributed by atoms with Crippen molar-refractivity contribution in [3.05, 3.63) is 243 Å². The Morgan fingerprint density at radius 3 is 1.68 bits per heavy atom. The van der Waals surface area contributed by atoms with E-state index in [-0.39, 0.29) is 0 Å². The first-order valence-electron chi connectivity index (χ1n) is 21.5. The van der Waals surface area contributed by atoms with Crippen LogP contribution in [0.5, 0.6) is 0 Å². The molecule has 2 nitrogen and oxygen atoms in total. The Labute approximate surface area is 370 Å². The maximum atomic E-state index is 2.49. The molecule has 3 heteroatoms. The summed E-state index contributed by atoms with van der Waals surface area (Å²) in [6.07, 6.45) is 0. The lowest BCUT2D eigenvalue weighted by Gasteiger charge is -2.29. The molecule has 0 bridgehead atoms. The van der Waals surface area contributed by atoms with Crippen molar-refractivity contribution < 1.29 is 0 Å². The van der Waals surface area contributed by atoms with E-state index in [2.05, 4.69) is 252 Å². The van der Waals surface area contributed by atoms with Gasteiger partial charge in [-0.3, -0.25) is 0 Å². The van der Waals surface area contributed by atoms with E-state index in [4.69, 9.17) is 0 Å². The zero-order valence-corrected chi connectivity index (χ0v) is 35.2. The third-order valence-electron chi connectivity index (χ3n) is 12.4. The monoisotopic (exact) mass is 820 g/mol. The van der Waals surface area contributed by atoms with Gasteiger partial charge in [-0.25, -0.2) is 0 Å². The van der Waals surface area contributed by atoms with Crippen molar-refractivity contribution in [2.24, 2.45) is 0 Å². The van der Waals surface area contributed by atoms with Crippen LogP contribution in [0.2, 0.25) is 0 Å². The Morgan fingerprint density at radius 2 is 0.889 bits per heavy atom. The number of thiophene rings is 1. The molecule has 0 unspecified atom stereocenters. The van der Waals surface area contributed by atoms with E-state index in [1.807, 2.05) is 11.3 Å². The molecule has 12 rings (SSSR count). The molecule has 63 heavy (non-hydrogen) atoms. The Balaban J connectivity index is 1.12. The van der Waals surface area contributed by atoms with Crippen molar-refractivity contribution in [3.63, 3.8) is 0 Å². The highest BCUT2D eigenvalue weighted by atomic mass is 32.1. The first-order valence-corrected chi connectivity index (χ1v) is 22.3. The first kappa shape index (κ1) is 36.8. The van der Waals surface area contributed by atoms with Crippen LogP contribution < -0.4 is 4.90 Å². The van der Waals surface area contributed by atoms with Gasteiger partial charge in [-0.05, 0) is 76.3 Å². The summed E-state index contributed by atoms with van der Waals surface area (Å²) in [5.74, 6) is 0. The van der Waals surface area contributed by atoms with Gasteiger partial charge >= 0.3 is 0 Å². The summed E-state index contributed by atoms with van der Waals surface area (Å²) >= 11 is 1.88. The van der Waals surface area contributed by atoms with Crippen LogP contribution in [0.25, 0.3) is 92.2 Å². The number of rotatable bonds is 8. The fraction of sp³-hybridized carbons (Fsp3) is 0. The Bertz CT molecular complexity index is 3600. The maximum absolute atomic E-state index is 2.49. The highest BCUT2D eigenvalue weighted by Gasteiger charge is 2.23. The molecule has 0 aliphatic rings. The lowest BCUT2D eigenvalue weighted by molar-refractivity contribution is 1.18. The molecule has 0 aliphatic heterocycles. The van der Waals surface area contributed by atoms with Gasteiger partial charge in [-0.15, -0.1) is 11.3 Å². The molecule has 0 radical (unpaired) electrons. The summed E-state index contributed by atoms with van der Waals surface area (Å²) in [4.78, 5) is 2.45. The van der Waals surface area contributed by atoms with Crippen LogP contribution in [-0.2, 0) is 0 Å². The minimum atomic E-state index is 1.07. The van der Waals surface area contributed by atoms with Gasteiger partial charge in [0.05, 0.1) is 22.4 Å². The van der Waals surface area contributed by atoms with Crippen LogP contribution in [0.3, 0.4) is 0 Å². The predicted molar refractivity (Wildman–Crippen MR) is 270 cm³/mol. The Hall–Kier alpha value is -7.98. The molecule has 10 aromatic carbocycles. The van der Waals surface area contributed by atoms with Gasteiger partial charge in [-0.2, -0.15) is 0 Å². The first-order chi connectivity index (χ1) is 31.3. The van der Waals surface area contributed by atoms with Gasteiger partial charge in [-0.1, -0.05) is 194 Å². The molecule has 0 saturated carbocycles. The average molecular weight is 821 g/mol. The topological polar surface area (TPSA) is 8.17 Å². The van der Waals surface area contributed by atoms with Crippen molar-refractivity contribution >= 4 is 70.4 Å². The van der Waals surface area contributed by atoms with Crippen molar-refractivity contribution in [2.75, 3.05) is 4.90 Å². The van der Waals surface area contributed by atoms with Crippen molar-refractivity contribution in [1.29, 1.82) is 0 Å². The van der Waals surface area contributed by atoms with Crippen LogP contribution in [0.1, 0.15) is 0 Å². The standard InChI is InChI=1S/C60H40N2S/c1-4-18-41(19-5-1)42-34-36-45(37-35-42)61(56-32-17-27-47(43-20-6-2-7-21-43)59(56)44-22-8-3-9-23-44)46-38-39-50-48-24-10-13-30-54(48)62(57(50)40-46)55-31-14-11-25-49(55)52-28-16-29-53-51-26-12-15-33-58(51)63-60(52)53/h1-40H. The number of para-hydroxylation sites is 2. The lowest BCUT2D eigenvalue weighted by atomic mass is 9.92. The normalized spacial score (nSPS) is 11.5. The molecule has 2 heterocycles. The van der Waals surface area contributed by atoms with E-state index in [1.54, 1.807) is 0 Å². The van der Waals surface area contributed by atoms with E-state index in [1.165, 1.54) is 75.4 Å². The molecular weight excluding hydrogens is 781 g/mol. The van der Waals surface area contributed by atoms with Crippen LogP contribution in [0, 0.1) is 0 Å². The van der Waals surface area contributed by atoms with E-state index in [0.29, 0.717) is 0 Å². The van der Waals surface area contributed by atoms with Gasteiger partial charge in [0.1, 0.15) is 0 Å².